The zero-order valence-corrected chi connectivity index (χ0v) is 9.81. The molecular formula is C11H12F2O2S. The molecule has 0 aromatic heterocycles. The third kappa shape index (κ3) is 4.18. The van der Waals surface area contributed by atoms with Crippen LogP contribution in [0.4, 0.5) is 8.78 Å². The minimum atomic E-state index is -0.538. The van der Waals surface area contributed by atoms with Crippen molar-refractivity contribution >= 4 is 17.7 Å². The van der Waals surface area contributed by atoms with Crippen molar-refractivity contribution in [1.82, 2.24) is 0 Å². The predicted octanol–water partition coefficient (Wildman–Crippen LogP) is 3.01. The first-order chi connectivity index (χ1) is 7.49. The number of carbonyl (C=O) groups excluding carboxylic acids is 1. The molecule has 5 heteroatoms. The Morgan fingerprint density at radius 3 is 2.75 bits per heavy atom. The van der Waals surface area contributed by atoms with Gasteiger partial charge in [0.15, 0.2) is 0 Å². The molecule has 0 radical (unpaired) electrons. The molecule has 0 N–H and O–H groups in total. The Balaban J connectivity index is 2.54. The molecule has 0 fully saturated rings. The maximum absolute atomic E-state index is 13.1. The first-order valence-electron chi connectivity index (χ1n) is 4.76. The van der Waals surface area contributed by atoms with Crippen LogP contribution in [-0.2, 0) is 9.53 Å². The molecule has 0 aliphatic carbocycles. The summed E-state index contributed by atoms with van der Waals surface area (Å²) in [5.74, 6) is -1.54. The summed E-state index contributed by atoms with van der Waals surface area (Å²) in [4.78, 5) is 11.3. The Labute approximate surface area is 97.0 Å². The van der Waals surface area contributed by atoms with Gasteiger partial charge in [-0.15, -0.1) is 11.8 Å². The normalized spacial score (nSPS) is 10.6. The molecule has 0 heterocycles. The molecule has 0 spiro atoms. The molecule has 0 bridgehead atoms. The van der Waals surface area contributed by atoms with E-state index in [4.69, 9.17) is 4.74 Å². The van der Waals surface area contributed by atoms with Crippen molar-refractivity contribution in [2.45, 2.75) is 24.8 Å². The topological polar surface area (TPSA) is 26.3 Å². The van der Waals surface area contributed by atoms with Crippen LogP contribution in [0.3, 0.4) is 0 Å². The first-order valence-corrected chi connectivity index (χ1v) is 5.75. The van der Waals surface area contributed by atoms with Gasteiger partial charge < -0.3 is 4.74 Å². The van der Waals surface area contributed by atoms with E-state index in [0.717, 1.165) is 30.0 Å². The van der Waals surface area contributed by atoms with E-state index in [1.54, 1.807) is 13.8 Å². The van der Waals surface area contributed by atoms with Crippen LogP contribution in [0.1, 0.15) is 13.8 Å². The molecule has 0 saturated heterocycles. The second-order valence-electron chi connectivity index (χ2n) is 3.40. The number of halogens is 2. The number of ether oxygens (including phenoxy) is 1. The highest BCUT2D eigenvalue weighted by atomic mass is 32.2. The number of rotatable bonds is 4. The summed E-state index contributed by atoms with van der Waals surface area (Å²) >= 11 is 0.922. The lowest BCUT2D eigenvalue weighted by Crippen LogP contribution is -2.13. The summed E-state index contributed by atoms with van der Waals surface area (Å²) < 4.78 is 30.8. The van der Waals surface area contributed by atoms with Crippen molar-refractivity contribution in [3.8, 4) is 0 Å². The average Bonchev–Trinajstić information content (AvgIpc) is 2.18. The van der Waals surface area contributed by atoms with Crippen molar-refractivity contribution in [2.75, 3.05) is 5.75 Å². The Hall–Kier alpha value is -1.10. The molecule has 0 aliphatic heterocycles. The molecule has 0 aliphatic rings. The molecule has 2 nitrogen and oxygen atoms in total. The summed E-state index contributed by atoms with van der Waals surface area (Å²) in [7, 11) is 0. The quantitative estimate of drug-likeness (QED) is 0.603. The van der Waals surface area contributed by atoms with Gasteiger partial charge in [0.1, 0.15) is 11.6 Å². The number of esters is 1. The number of benzene rings is 1. The van der Waals surface area contributed by atoms with Gasteiger partial charge in [-0.05, 0) is 32.0 Å². The molecule has 88 valence electrons. The molecule has 1 rings (SSSR count). The Morgan fingerprint density at radius 1 is 1.44 bits per heavy atom. The molecule has 16 heavy (non-hydrogen) atoms. The van der Waals surface area contributed by atoms with E-state index in [9.17, 15) is 13.6 Å². The average molecular weight is 246 g/mol. The van der Waals surface area contributed by atoms with Gasteiger partial charge in [0.05, 0.1) is 11.9 Å². The molecule has 1 aromatic carbocycles. The van der Waals surface area contributed by atoms with E-state index < -0.39 is 17.6 Å². The van der Waals surface area contributed by atoms with Gasteiger partial charge >= 0.3 is 5.97 Å². The number of hydrogen-bond acceptors (Lipinski definition) is 3. The van der Waals surface area contributed by atoms with Crippen molar-refractivity contribution < 1.29 is 18.3 Å². The van der Waals surface area contributed by atoms with Crippen molar-refractivity contribution in [3.05, 3.63) is 29.8 Å². The van der Waals surface area contributed by atoms with Gasteiger partial charge in [-0.2, -0.15) is 0 Å². The zero-order valence-electron chi connectivity index (χ0n) is 9.00. The highest BCUT2D eigenvalue weighted by Crippen LogP contribution is 2.22. The van der Waals surface area contributed by atoms with Gasteiger partial charge in [0.2, 0.25) is 0 Å². The van der Waals surface area contributed by atoms with Gasteiger partial charge in [0, 0.05) is 4.90 Å². The van der Waals surface area contributed by atoms with E-state index in [2.05, 4.69) is 0 Å². The van der Waals surface area contributed by atoms with Crippen LogP contribution in [0.25, 0.3) is 0 Å². The van der Waals surface area contributed by atoms with Gasteiger partial charge in [-0.1, -0.05) is 0 Å². The SMILES string of the molecule is CC(C)OC(=O)CSc1cc(F)ccc1F. The minimum Gasteiger partial charge on any atom is -0.462 e. The van der Waals surface area contributed by atoms with Crippen molar-refractivity contribution in [3.63, 3.8) is 0 Å². The molecule has 0 atom stereocenters. The number of hydrogen-bond donors (Lipinski definition) is 0. The van der Waals surface area contributed by atoms with Crippen LogP contribution in [0.2, 0.25) is 0 Å². The monoisotopic (exact) mass is 246 g/mol. The third-order valence-electron chi connectivity index (χ3n) is 1.61. The van der Waals surface area contributed by atoms with Crippen LogP contribution < -0.4 is 0 Å². The second-order valence-corrected chi connectivity index (χ2v) is 4.42. The Morgan fingerprint density at radius 2 is 2.12 bits per heavy atom. The lowest BCUT2D eigenvalue weighted by molar-refractivity contribution is -0.144. The molecule has 0 amide bonds. The van der Waals surface area contributed by atoms with E-state index >= 15 is 0 Å². The molecule has 1 aromatic rings. The number of thioether (sulfide) groups is 1. The minimum absolute atomic E-state index is 0.0292. The summed E-state index contributed by atoms with van der Waals surface area (Å²) in [6.45, 7) is 3.46. The fraction of sp³-hybridized carbons (Fsp3) is 0.364. The Bertz CT molecular complexity index is 380. The van der Waals surface area contributed by atoms with Crippen molar-refractivity contribution in [1.29, 1.82) is 0 Å². The van der Waals surface area contributed by atoms with Crippen LogP contribution >= 0.6 is 11.8 Å². The lowest BCUT2D eigenvalue weighted by atomic mass is 10.3. The van der Waals surface area contributed by atoms with Crippen LogP contribution in [0, 0.1) is 11.6 Å². The lowest BCUT2D eigenvalue weighted by Gasteiger charge is -2.07. The summed E-state index contributed by atoms with van der Waals surface area (Å²) in [6, 6.07) is 3.12. The fourth-order valence-electron chi connectivity index (χ4n) is 1.02. The van der Waals surface area contributed by atoms with E-state index in [1.807, 2.05) is 0 Å². The summed E-state index contributed by atoms with van der Waals surface area (Å²) in [5, 5.41) is 0. The molecule has 0 saturated carbocycles. The standard InChI is InChI=1S/C11H12F2O2S/c1-7(2)15-11(14)6-16-10-5-8(12)3-4-9(10)13/h3-5,7H,6H2,1-2H3. The molecule has 0 unspecified atom stereocenters. The van der Waals surface area contributed by atoms with Crippen LogP contribution in [0.5, 0.6) is 0 Å². The molecular weight excluding hydrogens is 234 g/mol. The number of carbonyl (C=O) groups is 1. The predicted molar refractivity (Wildman–Crippen MR) is 58.3 cm³/mol. The second kappa shape index (κ2) is 5.84. The largest absolute Gasteiger partial charge is 0.462 e. The maximum atomic E-state index is 13.1. The van der Waals surface area contributed by atoms with E-state index in [-0.39, 0.29) is 16.8 Å². The van der Waals surface area contributed by atoms with Gasteiger partial charge in [-0.25, -0.2) is 8.78 Å². The summed E-state index contributed by atoms with van der Waals surface area (Å²) in [6.07, 6.45) is -0.203. The van der Waals surface area contributed by atoms with Gasteiger partial charge in [0.25, 0.3) is 0 Å². The van der Waals surface area contributed by atoms with Gasteiger partial charge in [-0.3, -0.25) is 4.79 Å². The van der Waals surface area contributed by atoms with E-state index in [0.29, 0.717) is 0 Å². The first kappa shape index (κ1) is 13.0. The Kier molecular flexibility index (Phi) is 4.73. The van der Waals surface area contributed by atoms with Crippen LogP contribution in [-0.4, -0.2) is 17.8 Å². The third-order valence-corrected chi connectivity index (χ3v) is 2.61. The maximum Gasteiger partial charge on any atom is 0.316 e. The highest BCUT2D eigenvalue weighted by molar-refractivity contribution is 8.00. The van der Waals surface area contributed by atoms with Crippen LogP contribution in [0.15, 0.2) is 23.1 Å². The smallest absolute Gasteiger partial charge is 0.316 e. The summed E-state index contributed by atoms with van der Waals surface area (Å²) in [5.41, 5.74) is 0. The highest BCUT2D eigenvalue weighted by Gasteiger charge is 2.09. The van der Waals surface area contributed by atoms with E-state index in [1.165, 1.54) is 0 Å². The fourth-order valence-corrected chi connectivity index (χ4v) is 1.76. The van der Waals surface area contributed by atoms with Crippen molar-refractivity contribution in [2.24, 2.45) is 0 Å². The zero-order chi connectivity index (χ0) is 12.1.